The fraction of sp³-hybridized carbons (Fsp3) is 0.438. The Morgan fingerprint density at radius 2 is 1.87 bits per heavy atom. The van der Waals surface area contributed by atoms with Crippen LogP contribution in [0, 0.1) is 6.92 Å². The van der Waals surface area contributed by atoms with Crippen molar-refractivity contribution in [3.63, 3.8) is 0 Å². The van der Waals surface area contributed by atoms with Gasteiger partial charge in [0.2, 0.25) is 0 Å². The Morgan fingerprint density at radius 3 is 2.71 bits per heavy atom. The Bertz CT molecular complexity index is 1170. The summed E-state index contributed by atoms with van der Waals surface area (Å²) < 4.78 is 23.7. The van der Waals surface area contributed by atoms with Crippen LogP contribution in [0.4, 0.5) is 5.69 Å². The van der Waals surface area contributed by atoms with Gasteiger partial charge in [-0.25, -0.2) is 0 Å². The van der Waals surface area contributed by atoms with Crippen LogP contribution in [0.1, 0.15) is 41.0 Å². The van der Waals surface area contributed by atoms with E-state index in [2.05, 4.69) is 71.7 Å². The maximum Gasteiger partial charge on any atom is 0.142 e. The lowest BCUT2D eigenvalue weighted by Crippen LogP contribution is -2.41. The van der Waals surface area contributed by atoms with E-state index in [1.54, 1.807) is 7.11 Å². The minimum absolute atomic E-state index is 0.128. The molecular formula is C32H40N2O4. The fourth-order valence-electron chi connectivity index (χ4n) is 5.36. The first-order valence-electron chi connectivity index (χ1n) is 13.8. The van der Waals surface area contributed by atoms with Crippen LogP contribution in [0.5, 0.6) is 11.5 Å². The Balaban J connectivity index is 1.19. The van der Waals surface area contributed by atoms with Crippen LogP contribution in [0.15, 0.2) is 66.7 Å². The molecule has 1 fully saturated rings. The molecule has 6 heteroatoms. The molecule has 2 aliphatic rings. The number of rotatable bonds is 11. The van der Waals surface area contributed by atoms with Gasteiger partial charge >= 0.3 is 0 Å². The summed E-state index contributed by atoms with van der Waals surface area (Å²) in [6.07, 6.45) is 2.20. The lowest BCUT2D eigenvalue weighted by molar-refractivity contribution is 0.0106. The van der Waals surface area contributed by atoms with Crippen molar-refractivity contribution in [2.45, 2.75) is 45.0 Å². The van der Waals surface area contributed by atoms with Gasteiger partial charge in [-0.3, -0.25) is 0 Å². The second-order valence-corrected chi connectivity index (χ2v) is 10.3. The first kappa shape index (κ1) is 26.5. The average molecular weight is 517 g/mol. The maximum absolute atomic E-state index is 6.54. The van der Waals surface area contributed by atoms with E-state index in [-0.39, 0.29) is 6.10 Å². The minimum Gasteiger partial charge on any atom is -0.490 e. The van der Waals surface area contributed by atoms with Crippen molar-refractivity contribution in [3.8, 4) is 11.5 Å². The van der Waals surface area contributed by atoms with Crippen molar-refractivity contribution in [1.82, 2.24) is 5.32 Å². The van der Waals surface area contributed by atoms with Crippen molar-refractivity contribution < 1.29 is 18.9 Å². The number of hydrogen-bond acceptors (Lipinski definition) is 6. The van der Waals surface area contributed by atoms with E-state index in [1.807, 2.05) is 12.1 Å². The fourth-order valence-corrected chi connectivity index (χ4v) is 5.36. The van der Waals surface area contributed by atoms with Gasteiger partial charge in [0.05, 0.1) is 24.9 Å². The highest BCUT2D eigenvalue weighted by Gasteiger charge is 2.27. The molecule has 6 nitrogen and oxygen atoms in total. The molecule has 1 saturated heterocycles. The number of anilines is 1. The Hall–Kier alpha value is -3.06. The third-order valence-electron chi connectivity index (χ3n) is 7.45. The number of piperidine rings is 1. The molecule has 0 saturated carbocycles. The summed E-state index contributed by atoms with van der Waals surface area (Å²) in [6, 6.07) is 23.5. The third kappa shape index (κ3) is 6.87. The maximum atomic E-state index is 6.54. The van der Waals surface area contributed by atoms with E-state index in [1.165, 1.54) is 22.3 Å². The molecule has 0 spiro atoms. The molecule has 0 radical (unpaired) electrons. The molecule has 1 N–H and O–H groups in total. The standard InChI is InChI=1S/C32H40N2O4/c1-24-5-3-6-28(19-24)37-22-25-7-10-27(11-8-25)29-13-14-33-21-32(29)38-23-26-9-12-31-30(20-26)34(16-18-36-31)15-4-17-35-2/h3,5-12,19-20,29,32-33H,4,13-18,21-23H2,1-2H3. The van der Waals surface area contributed by atoms with Gasteiger partial charge in [0, 0.05) is 32.7 Å². The molecule has 5 rings (SSSR count). The Morgan fingerprint density at radius 1 is 1.00 bits per heavy atom. The number of hydrogen-bond donors (Lipinski definition) is 1. The first-order valence-corrected chi connectivity index (χ1v) is 13.8. The van der Waals surface area contributed by atoms with Gasteiger partial charge in [0.1, 0.15) is 24.7 Å². The molecule has 202 valence electrons. The van der Waals surface area contributed by atoms with Crippen LogP contribution in [0.3, 0.4) is 0 Å². The Kier molecular flexibility index (Phi) is 9.18. The molecule has 0 bridgehead atoms. The van der Waals surface area contributed by atoms with Crippen molar-refractivity contribution in [2.24, 2.45) is 0 Å². The van der Waals surface area contributed by atoms with Crippen molar-refractivity contribution in [3.05, 3.63) is 89.0 Å². The quantitative estimate of drug-likeness (QED) is 0.341. The van der Waals surface area contributed by atoms with Crippen LogP contribution < -0.4 is 19.7 Å². The van der Waals surface area contributed by atoms with E-state index < -0.39 is 0 Å². The van der Waals surface area contributed by atoms with E-state index in [4.69, 9.17) is 18.9 Å². The van der Waals surface area contributed by atoms with Crippen LogP contribution in [0.2, 0.25) is 0 Å². The predicted octanol–water partition coefficient (Wildman–Crippen LogP) is 5.47. The molecule has 2 heterocycles. The Labute approximate surface area is 226 Å². The van der Waals surface area contributed by atoms with Gasteiger partial charge in [-0.05, 0) is 72.8 Å². The number of nitrogens with zero attached hydrogens (tertiary/aromatic N) is 1. The molecule has 2 unspecified atom stereocenters. The van der Waals surface area contributed by atoms with Crippen LogP contribution in [-0.2, 0) is 22.7 Å². The third-order valence-corrected chi connectivity index (χ3v) is 7.45. The number of benzene rings is 3. The molecule has 0 aliphatic carbocycles. The van der Waals surface area contributed by atoms with Crippen LogP contribution >= 0.6 is 0 Å². The highest BCUT2D eigenvalue weighted by Crippen LogP contribution is 2.34. The zero-order valence-electron chi connectivity index (χ0n) is 22.7. The summed E-state index contributed by atoms with van der Waals surface area (Å²) in [4.78, 5) is 2.40. The van der Waals surface area contributed by atoms with E-state index in [0.717, 1.165) is 69.4 Å². The topological polar surface area (TPSA) is 52.2 Å². The average Bonchev–Trinajstić information content (AvgIpc) is 2.96. The monoisotopic (exact) mass is 516 g/mol. The van der Waals surface area contributed by atoms with E-state index in [0.29, 0.717) is 19.1 Å². The molecule has 0 aromatic heterocycles. The van der Waals surface area contributed by atoms with Gasteiger partial charge < -0.3 is 29.2 Å². The predicted molar refractivity (Wildman–Crippen MR) is 151 cm³/mol. The number of aryl methyl sites for hydroxylation is 1. The summed E-state index contributed by atoms with van der Waals surface area (Å²) in [5.74, 6) is 2.24. The summed E-state index contributed by atoms with van der Waals surface area (Å²) in [6.45, 7) is 8.48. The normalized spacial score (nSPS) is 19.1. The molecule has 2 aliphatic heterocycles. The number of fused-ring (bicyclic) bond motifs is 1. The van der Waals surface area contributed by atoms with E-state index >= 15 is 0 Å². The SMILES string of the molecule is COCCCN1CCOc2ccc(COC3CNCCC3c3ccc(COc4cccc(C)c4)cc3)cc21. The van der Waals surface area contributed by atoms with Crippen LogP contribution in [-0.4, -0.2) is 52.6 Å². The molecule has 0 amide bonds. The summed E-state index contributed by atoms with van der Waals surface area (Å²) in [5.41, 5.74) is 6.05. The van der Waals surface area contributed by atoms with Gasteiger partial charge in [-0.2, -0.15) is 0 Å². The lowest BCUT2D eigenvalue weighted by Gasteiger charge is -2.33. The largest absolute Gasteiger partial charge is 0.490 e. The second kappa shape index (κ2) is 13.1. The molecule has 2 atom stereocenters. The van der Waals surface area contributed by atoms with E-state index in [9.17, 15) is 0 Å². The lowest BCUT2D eigenvalue weighted by atomic mass is 9.87. The molecule has 3 aromatic rings. The summed E-state index contributed by atoms with van der Waals surface area (Å²) in [7, 11) is 1.76. The first-order chi connectivity index (χ1) is 18.7. The number of methoxy groups -OCH3 is 1. The highest BCUT2D eigenvalue weighted by atomic mass is 16.5. The molecule has 38 heavy (non-hydrogen) atoms. The zero-order valence-corrected chi connectivity index (χ0v) is 22.7. The summed E-state index contributed by atoms with van der Waals surface area (Å²) in [5, 5.41) is 3.53. The van der Waals surface area contributed by atoms with Gasteiger partial charge in [0.25, 0.3) is 0 Å². The highest BCUT2D eigenvalue weighted by molar-refractivity contribution is 5.61. The van der Waals surface area contributed by atoms with Crippen molar-refractivity contribution in [2.75, 3.05) is 51.4 Å². The number of nitrogens with one attached hydrogen (secondary N) is 1. The number of ether oxygens (including phenoxy) is 4. The van der Waals surface area contributed by atoms with Crippen molar-refractivity contribution in [1.29, 1.82) is 0 Å². The van der Waals surface area contributed by atoms with Crippen molar-refractivity contribution >= 4 is 5.69 Å². The van der Waals surface area contributed by atoms with Gasteiger partial charge in [0.15, 0.2) is 0 Å². The van der Waals surface area contributed by atoms with Gasteiger partial charge in [-0.1, -0.05) is 42.5 Å². The van der Waals surface area contributed by atoms with Gasteiger partial charge in [-0.15, -0.1) is 0 Å². The van der Waals surface area contributed by atoms with Crippen LogP contribution in [0.25, 0.3) is 0 Å². The minimum atomic E-state index is 0.128. The molecule has 3 aromatic carbocycles. The summed E-state index contributed by atoms with van der Waals surface area (Å²) >= 11 is 0. The molecular weight excluding hydrogens is 476 g/mol. The zero-order chi connectivity index (χ0) is 26.2. The second-order valence-electron chi connectivity index (χ2n) is 10.3. The smallest absolute Gasteiger partial charge is 0.142 e.